The van der Waals surface area contributed by atoms with Crippen LogP contribution in [0.5, 0.6) is 0 Å². The molecule has 0 aliphatic rings. The molecule has 1 aromatic rings. The van der Waals surface area contributed by atoms with Crippen LogP contribution in [0.25, 0.3) is 0 Å². The smallest absolute Gasteiger partial charge is 0.354 e. The minimum Gasteiger partial charge on any atom is -0.477 e. The Bertz CT molecular complexity index is 390. The summed E-state index contributed by atoms with van der Waals surface area (Å²) in [5.74, 6) is -0.264. The van der Waals surface area contributed by atoms with Crippen molar-refractivity contribution in [2.24, 2.45) is 0 Å². The van der Waals surface area contributed by atoms with Crippen molar-refractivity contribution in [3.05, 3.63) is 17.7 Å². The van der Waals surface area contributed by atoms with Gasteiger partial charge >= 0.3 is 5.97 Å². The minimum atomic E-state index is -0.962. The molecule has 0 atom stereocenters. The minimum absolute atomic E-state index is 0.212. The Labute approximate surface area is 88.0 Å². The Morgan fingerprint density at radius 3 is 3.00 bits per heavy atom. The van der Waals surface area contributed by atoms with Gasteiger partial charge in [0.15, 0.2) is 0 Å². The molecule has 1 rings (SSSR count). The second-order valence-corrected chi connectivity index (χ2v) is 3.26. The average Bonchev–Trinajstić information content (AvgIpc) is 2.55. The summed E-state index contributed by atoms with van der Waals surface area (Å²) in [5, 5.41) is 17.2. The standard InChI is InChI=1S/C10H13N3O2/c1-8-12-7-9(10(14)15)13(8)6-4-2-3-5-11/h7H,2-4,6H2,1H3,(H,14,15). The molecule has 1 N–H and O–H groups in total. The third-order valence-electron chi connectivity index (χ3n) is 2.19. The third-order valence-corrected chi connectivity index (χ3v) is 2.19. The van der Waals surface area contributed by atoms with Crippen molar-refractivity contribution in [2.45, 2.75) is 32.7 Å². The molecule has 0 aliphatic carbocycles. The summed E-state index contributed by atoms with van der Waals surface area (Å²) in [4.78, 5) is 14.8. The fraction of sp³-hybridized carbons (Fsp3) is 0.500. The lowest BCUT2D eigenvalue weighted by Gasteiger charge is -2.06. The molecule has 5 nitrogen and oxygen atoms in total. The zero-order valence-corrected chi connectivity index (χ0v) is 8.60. The molecule has 0 aliphatic heterocycles. The summed E-state index contributed by atoms with van der Waals surface area (Å²) in [6, 6.07) is 2.06. The summed E-state index contributed by atoms with van der Waals surface area (Å²) >= 11 is 0. The molecule has 0 bridgehead atoms. The summed E-state index contributed by atoms with van der Waals surface area (Å²) in [5.41, 5.74) is 0.212. The maximum atomic E-state index is 10.8. The number of nitriles is 1. The first-order valence-electron chi connectivity index (χ1n) is 4.79. The number of aromatic nitrogens is 2. The van der Waals surface area contributed by atoms with Gasteiger partial charge in [-0.25, -0.2) is 9.78 Å². The van der Waals surface area contributed by atoms with Gasteiger partial charge in [0.1, 0.15) is 11.5 Å². The molecule has 5 heteroatoms. The van der Waals surface area contributed by atoms with Gasteiger partial charge in [0.2, 0.25) is 0 Å². The number of rotatable bonds is 5. The van der Waals surface area contributed by atoms with Crippen LogP contribution >= 0.6 is 0 Å². The monoisotopic (exact) mass is 207 g/mol. The number of hydrogen-bond acceptors (Lipinski definition) is 3. The van der Waals surface area contributed by atoms with Crippen molar-refractivity contribution in [3.8, 4) is 6.07 Å². The van der Waals surface area contributed by atoms with E-state index in [-0.39, 0.29) is 5.69 Å². The molecule has 0 saturated carbocycles. The highest BCUT2D eigenvalue weighted by atomic mass is 16.4. The number of carbonyl (C=O) groups is 1. The van der Waals surface area contributed by atoms with Crippen LogP contribution in [-0.2, 0) is 6.54 Å². The Hall–Kier alpha value is -1.83. The van der Waals surface area contributed by atoms with Gasteiger partial charge in [-0.2, -0.15) is 5.26 Å². The lowest BCUT2D eigenvalue weighted by molar-refractivity contribution is 0.0684. The SMILES string of the molecule is Cc1ncc(C(=O)O)n1CCCCC#N. The number of carboxylic acid groups (broad SMARTS) is 1. The molecule has 80 valence electrons. The van der Waals surface area contributed by atoms with Crippen LogP contribution < -0.4 is 0 Å². The molecular formula is C10H13N3O2. The highest BCUT2D eigenvalue weighted by Crippen LogP contribution is 2.07. The maximum Gasteiger partial charge on any atom is 0.354 e. The lowest BCUT2D eigenvalue weighted by atomic mass is 10.2. The number of carboxylic acids is 1. The molecule has 0 radical (unpaired) electrons. The molecule has 0 amide bonds. The van der Waals surface area contributed by atoms with Crippen molar-refractivity contribution < 1.29 is 9.90 Å². The highest BCUT2D eigenvalue weighted by molar-refractivity contribution is 5.85. The van der Waals surface area contributed by atoms with Crippen molar-refractivity contribution in [1.29, 1.82) is 5.26 Å². The van der Waals surface area contributed by atoms with Crippen molar-refractivity contribution >= 4 is 5.97 Å². The summed E-state index contributed by atoms with van der Waals surface area (Å²) in [7, 11) is 0. The van der Waals surface area contributed by atoms with Crippen molar-refractivity contribution in [2.75, 3.05) is 0 Å². The van der Waals surface area contributed by atoms with E-state index in [1.807, 2.05) is 0 Å². The second kappa shape index (κ2) is 5.15. The first-order valence-corrected chi connectivity index (χ1v) is 4.79. The predicted octanol–water partition coefficient (Wildman–Crippen LogP) is 1.58. The van der Waals surface area contributed by atoms with Crippen molar-refractivity contribution in [3.63, 3.8) is 0 Å². The first kappa shape index (κ1) is 11.2. The van der Waals surface area contributed by atoms with Gasteiger partial charge in [0.25, 0.3) is 0 Å². The summed E-state index contributed by atoms with van der Waals surface area (Å²) in [6.07, 6.45) is 3.45. The summed E-state index contributed by atoms with van der Waals surface area (Å²) < 4.78 is 1.67. The van der Waals surface area contributed by atoms with E-state index in [1.165, 1.54) is 6.20 Å². The van der Waals surface area contributed by atoms with Gasteiger partial charge in [-0.05, 0) is 19.8 Å². The molecule has 0 unspecified atom stereocenters. The Morgan fingerprint density at radius 2 is 2.40 bits per heavy atom. The van der Waals surface area contributed by atoms with Crippen LogP contribution in [-0.4, -0.2) is 20.6 Å². The lowest BCUT2D eigenvalue weighted by Crippen LogP contribution is -2.10. The second-order valence-electron chi connectivity index (χ2n) is 3.26. The number of unbranched alkanes of at least 4 members (excludes halogenated alkanes) is 2. The highest BCUT2D eigenvalue weighted by Gasteiger charge is 2.12. The molecule has 0 aromatic carbocycles. The first-order chi connectivity index (χ1) is 7.16. The average molecular weight is 207 g/mol. The van der Waals surface area contributed by atoms with Crippen LogP contribution in [0, 0.1) is 18.3 Å². The van der Waals surface area contributed by atoms with Gasteiger partial charge in [-0.1, -0.05) is 0 Å². The third kappa shape index (κ3) is 2.81. The van der Waals surface area contributed by atoms with E-state index in [1.54, 1.807) is 11.5 Å². The molecule has 1 heterocycles. The Kier molecular flexibility index (Phi) is 3.86. The van der Waals surface area contributed by atoms with Gasteiger partial charge in [0, 0.05) is 13.0 Å². The maximum absolute atomic E-state index is 10.8. The quantitative estimate of drug-likeness (QED) is 0.743. The van der Waals surface area contributed by atoms with E-state index in [0.717, 1.165) is 12.8 Å². The number of hydrogen-bond donors (Lipinski definition) is 1. The van der Waals surface area contributed by atoms with Crippen LogP contribution in [0.2, 0.25) is 0 Å². The van der Waals surface area contributed by atoms with Crippen LogP contribution in [0.15, 0.2) is 6.20 Å². The van der Waals surface area contributed by atoms with E-state index in [9.17, 15) is 4.79 Å². The van der Waals surface area contributed by atoms with Crippen LogP contribution in [0.4, 0.5) is 0 Å². The zero-order chi connectivity index (χ0) is 11.3. The zero-order valence-electron chi connectivity index (χ0n) is 8.60. The predicted molar refractivity (Wildman–Crippen MR) is 53.4 cm³/mol. The topological polar surface area (TPSA) is 78.9 Å². The normalized spacial score (nSPS) is 9.87. The van der Waals surface area contributed by atoms with E-state index in [4.69, 9.17) is 10.4 Å². The molecule has 15 heavy (non-hydrogen) atoms. The van der Waals surface area contributed by atoms with E-state index in [2.05, 4.69) is 11.1 Å². The molecule has 1 aromatic heterocycles. The molecule has 0 saturated heterocycles. The van der Waals surface area contributed by atoms with E-state index >= 15 is 0 Å². The molecular weight excluding hydrogens is 194 g/mol. The fourth-order valence-corrected chi connectivity index (χ4v) is 1.40. The van der Waals surface area contributed by atoms with Gasteiger partial charge in [-0.15, -0.1) is 0 Å². The fourth-order valence-electron chi connectivity index (χ4n) is 1.40. The number of aryl methyl sites for hydroxylation is 1. The van der Waals surface area contributed by atoms with Gasteiger partial charge in [-0.3, -0.25) is 0 Å². The molecule has 0 spiro atoms. The van der Waals surface area contributed by atoms with Crippen LogP contribution in [0.3, 0.4) is 0 Å². The van der Waals surface area contributed by atoms with Gasteiger partial charge in [0.05, 0.1) is 12.3 Å². The number of imidazole rings is 1. The largest absolute Gasteiger partial charge is 0.477 e. The summed E-state index contributed by atoms with van der Waals surface area (Å²) in [6.45, 7) is 2.38. The van der Waals surface area contributed by atoms with Crippen LogP contribution in [0.1, 0.15) is 35.6 Å². The van der Waals surface area contributed by atoms with E-state index < -0.39 is 5.97 Å². The Balaban J connectivity index is 2.63. The molecule has 0 fully saturated rings. The number of aromatic carboxylic acids is 1. The Morgan fingerprint density at radius 1 is 1.67 bits per heavy atom. The van der Waals surface area contributed by atoms with Crippen molar-refractivity contribution in [1.82, 2.24) is 9.55 Å². The number of nitrogens with zero attached hydrogens (tertiary/aromatic N) is 3. The van der Waals surface area contributed by atoms with Gasteiger partial charge < -0.3 is 9.67 Å². The van der Waals surface area contributed by atoms with E-state index in [0.29, 0.717) is 18.8 Å².